The first kappa shape index (κ1) is 24.9. The maximum Gasteiger partial charge on any atom is 0.409 e. The number of ether oxygens (including phenoxy) is 1. The Hall–Kier alpha value is -2.75. The number of piperazine rings is 1. The largest absolute Gasteiger partial charge is 0.450 e. The Kier molecular flexibility index (Phi) is 7.69. The molecule has 10 heteroatoms. The van der Waals surface area contributed by atoms with Crippen molar-refractivity contribution in [3.05, 3.63) is 75.4 Å². The molecule has 1 aromatic heterocycles. The van der Waals surface area contributed by atoms with Gasteiger partial charge in [0.1, 0.15) is 5.82 Å². The lowest BCUT2D eigenvalue weighted by Gasteiger charge is -2.33. The summed E-state index contributed by atoms with van der Waals surface area (Å²) in [6, 6.07) is 16.0. The predicted octanol–water partition coefficient (Wildman–Crippen LogP) is 4.24. The Balaban J connectivity index is 1.30. The molecule has 1 amide bonds. The van der Waals surface area contributed by atoms with Gasteiger partial charge in [0.25, 0.3) is 0 Å². The predicted molar refractivity (Wildman–Crippen MR) is 141 cm³/mol. The van der Waals surface area contributed by atoms with Gasteiger partial charge >= 0.3 is 11.8 Å². The average molecular weight is 528 g/mol. The van der Waals surface area contributed by atoms with Crippen LogP contribution in [-0.2, 0) is 17.7 Å². The van der Waals surface area contributed by atoms with Crippen LogP contribution in [0.1, 0.15) is 30.0 Å². The molecule has 0 saturated carbocycles. The summed E-state index contributed by atoms with van der Waals surface area (Å²) in [5.41, 5.74) is 1.92. The first-order valence-corrected chi connectivity index (χ1v) is 13.6. The van der Waals surface area contributed by atoms with Gasteiger partial charge in [-0.3, -0.25) is 4.90 Å². The number of aromatic nitrogens is 3. The van der Waals surface area contributed by atoms with E-state index in [0.29, 0.717) is 37.7 Å². The molecular formula is C26H30ClN5O3S. The summed E-state index contributed by atoms with van der Waals surface area (Å²) in [4.78, 5) is 30.4. The van der Waals surface area contributed by atoms with E-state index >= 15 is 0 Å². The van der Waals surface area contributed by atoms with Crippen LogP contribution in [0.5, 0.6) is 0 Å². The summed E-state index contributed by atoms with van der Waals surface area (Å²) < 4.78 is 8.44. The van der Waals surface area contributed by atoms with E-state index in [-0.39, 0.29) is 17.0 Å². The quantitative estimate of drug-likeness (QED) is 0.477. The van der Waals surface area contributed by atoms with Gasteiger partial charge in [-0.2, -0.15) is 5.10 Å². The van der Waals surface area contributed by atoms with Crippen LogP contribution < -0.4 is 5.69 Å². The van der Waals surface area contributed by atoms with Gasteiger partial charge in [0, 0.05) is 60.9 Å². The molecule has 0 N–H and O–H groups in total. The van der Waals surface area contributed by atoms with Gasteiger partial charge in [-0.1, -0.05) is 41.9 Å². The molecule has 1 fully saturated rings. The number of carbonyl (C=O) groups is 1. The number of fused-ring (bicyclic) bond motifs is 3. The van der Waals surface area contributed by atoms with Crippen LogP contribution in [0.2, 0.25) is 5.02 Å². The highest BCUT2D eigenvalue weighted by Crippen LogP contribution is 2.43. The van der Waals surface area contributed by atoms with E-state index < -0.39 is 0 Å². The third-order valence-corrected chi connectivity index (χ3v) is 8.16. The Morgan fingerprint density at radius 2 is 1.89 bits per heavy atom. The molecule has 3 aromatic rings. The molecule has 3 heterocycles. The normalized spacial score (nSPS) is 17.8. The maximum absolute atomic E-state index is 13.5. The third kappa shape index (κ3) is 5.33. The van der Waals surface area contributed by atoms with E-state index in [9.17, 15) is 9.59 Å². The number of halogens is 1. The van der Waals surface area contributed by atoms with E-state index in [1.54, 1.807) is 25.9 Å². The minimum absolute atomic E-state index is 0.116. The molecule has 0 radical (unpaired) electrons. The van der Waals surface area contributed by atoms with E-state index in [4.69, 9.17) is 21.4 Å². The molecule has 0 spiro atoms. The van der Waals surface area contributed by atoms with Crippen molar-refractivity contribution < 1.29 is 9.53 Å². The fourth-order valence-corrected chi connectivity index (χ4v) is 6.31. The topological polar surface area (TPSA) is 72.6 Å². The molecule has 5 rings (SSSR count). The van der Waals surface area contributed by atoms with Crippen molar-refractivity contribution in [1.82, 2.24) is 24.1 Å². The van der Waals surface area contributed by atoms with Crippen LogP contribution in [0.3, 0.4) is 0 Å². The number of hydrogen-bond acceptors (Lipinski definition) is 6. The van der Waals surface area contributed by atoms with Gasteiger partial charge in [0.15, 0.2) is 0 Å². The Bertz CT molecular complexity index is 1270. The Morgan fingerprint density at radius 3 is 2.64 bits per heavy atom. The van der Waals surface area contributed by atoms with Gasteiger partial charge < -0.3 is 9.64 Å². The highest BCUT2D eigenvalue weighted by molar-refractivity contribution is 7.99. The highest BCUT2D eigenvalue weighted by Gasteiger charge is 2.28. The molecule has 1 unspecified atom stereocenters. The second-order valence-electron chi connectivity index (χ2n) is 8.97. The van der Waals surface area contributed by atoms with Crippen LogP contribution >= 0.6 is 23.4 Å². The number of hydrogen-bond donors (Lipinski definition) is 0. The number of aryl methyl sites for hydroxylation is 1. The lowest BCUT2D eigenvalue weighted by atomic mass is 10.1. The zero-order valence-electron chi connectivity index (χ0n) is 20.3. The summed E-state index contributed by atoms with van der Waals surface area (Å²) in [5, 5.41) is 5.57. The fraction of sp³-hybridized carbons (Fsp3) is 0.423. The number of amides is 1. The van der Waals surface area contributed by atoms with Gasteiger partial charge in [-0.05, 0) is 37.1 Å². The van der Waals surface area contributed by atoms with Crippen LogP contribution in [0.15, 0.2) is 58.2 Å². The van der Waals surface area contributed by atoms with Gasteiger partial charge in [0.2, 0.25) is 0 Å². The summed E-state index contributed by atoms with van der Waals surface area (Å²) >= 11 is 8.05. The number of rotatable bonds is 6. The van der Waals surface area contributed by atoms with Crippen molar-refractivity contribution >= 4 is 29.5 Å². The summed E-state index contributed by atoms with van der Waals surface area (Å²) in [6.45, 7) is 6.54. The highest BCUT2D eigenvalue weighted by atomic mass is 35.5. The zero-order valence-corrected chi connectivity index (χ0v) is 21.9. The third-order valence-electron chi connectivity index (χ3n) is 6.62. The molecular weight excluding hydrogens is 498 g/mol. The number of carbonyl (C=O) groups excluding carboxylic acids is 1. The summed E-state index contributed by atoms with van der Waals surface area (Å²) in [7, 11) is 0. The standard InChI is InChI=1S/C26H30ClN5O3S/c1-2-35-26(34)30-15-13-29(14-16-30)11-6-12-31-25(33)32-21-10-9-20(27)17-23(21)36-22(18-24(32)28-31)19-7-4-3-5-8-19/h3-5,7-10,17,22H,2,6,11-16,18H2,1H3. The minimum atomic E-state index is -0.239. The van der Waals surface area contributed by atoms with Crippen molar-refractivity contribution in [3.8, 4) is 5.69 Å². The molecule has 8 nitrogen and oxygen atoms in total. The van der Waals surface area contributed by atoms with Crippen LogP contribution in [0.25, 0.3) is 5.69 Å². The van der Waals surface area contributed by atoms with E-state index in [2.05, 4.69) is 17.0 Å². The molecule has 0 aliphatic carbocycles. The first-order chi connectivity index (χ1) is 17.5. The van der Waals surface area contributed by atoms with E-state index in [1.165, 1.54) is 5.56 Å². The van der Waals surface area contributed by atoms with Crippen LogP contribution in [0.4, 0.5) is 4.79 Å². The molecule has 0 bridgehead atoms. The molecule has 2 aliphatic rings. The lowest BCUT2D eigenvalue weighted by molar-refractivity contribution is 0.0790. The SMILES string of the molecule is CCOC(=O)N1CCN(CCCn2nc3n(c2=O)-c2ccc(Cl)cc2SC(c2ccccc2)C3)CC1. The number of thioether (sulfide) groups is 1. The Labute approximate surface area is 219 Å². The molecule has 2 aliphatic heterocycles. The molecule has 36 heavy (non-hydrogen) atoms. The monoisotopic (exact) mass is 527 g/mol. The van der Waals surface area contributed by atoms with Crippen molar-refractivity contribution in [2.45, 2.75) is 36.5 Å². The van der Waals surface area contributed by atoms with E-state index in [0.717, 1.165) is 42.5 Å². The van der Waals surface area contributed by atoms with Crippen molar-refractivity contribution in [2.24, 2.45) is 0 Å². The van der Waals surface area contributed by atoms with Crippen molar-refractivity contribution in [2.75, 3.05) is 39.3 Å². The second-order valence-corrected chi connectivity index (χ2v) is 10.7. The van der Waals surface area contributed by atoms with E-state index in [1.807, 2.05) is 43.3 Å². The van der Waals surface area contributed by atoms with Gasteiger partial charge in [0.05, 0.1) is 12.3 Å². The summed E-state index contributed by atoms with van der Waals surface area (Å²) in [5.74, 6) is 0.769. The van der Waals surface area contributed by atoms with Gasteiger partial charge in [-0.15, -0.1) is 11.8 Å². The zero-order chi connectivity index (χ0) is 25.1. The first-order valence-electron chi connectivity index (χ1n) is 12.4. The average Bonchev–Trinajstić information content (AvgIpc) is 3.09. The second kappa shape index (κ2) is 11.1. The molecule has 1 atom stereocenters. The molecule has 190 valence electrons. The van der Waals surface area contributed by atoms with Gasteiger partial charge in [-0.25, -0.2) is 18.8 Å². The molecule has 2 aromatic carbocycles. The summed E-state index contributed by atoms with van der Waals surface area (Å²) in [6.07, 6.45) is 1.22. The Morgan fingerprint density at radius 1 is 1.11 bits per heavy atom. The minimum Gasteiger partial charge on any atom is -0.450 e. The number of nitrogens with zero attached hydrogens (tertiary/aromatic N) is 5. The fourth-order valence-electron chi connectivity index (χ4n) is 4.77. The number of benzene rings is 2. The van der Waals surface area contributed by atoms with Crippen molar-refractivity contribution in [3.63, 3.8) is 0 Å². The van der Waals surface area contributed by atoms with Crippen molar-refractivity contribution in [1.29, 1.82) is 0 Å². The lowest BCUT2D eigenvalue weighted by Crippen LogP contribution is -2.49. The molecule has 1 saturated heterocycles. The maximum atomic E-state index is 13.5. The van der Waals surface area contributed by atoms with Crippen LogP contribution in [-0.4, -0.2) is 69.6 Å². The van der Waals surface area contributed by atoms with Crippen LogP contribution in [0, 0.1) is 0 Å². The smallest absolute Gasteiger partial charge is 0.409 e.